The fourth-order valence-corrected chi connectivity index (χ4v) is 3.48. The van der Waals surface area contributed by atoms with Crippen LogP contribution in [0.25, 0.3) is 21.8 Å². The third kappa shape index (κ3) is 5.25. The van der Waals surface area contributed by atoms with E-state index < -0.39 is 0 Å². The highest BCUT2D eigenvalue weighted by molar-refractivity contribution is 6.08. The third-order valence-corrected chi connectivity index (χ3v) is 5.63. The number of ether oxygens (including phenoxy) is 1. The van der Waals surface area contributed by atoms with E-state index in [1.165, 1.54) is 24.8 Å². The maximum Gasteiger partial charge on any atom is 0.152 e. The smallest absolute Gasteiger partial charge is 0.152 e. The number of nitrogen functional groups attached to an aromatic ring is 1. The van der Waals surface area contributed by atoms with Crippen molar-refractivity contribution in [1.82, 2.24) is 19.7 Å². The molecule has 1 aromatic carbocycles. The van der Waals surface area contributed by atoms with Crippen molar-refractivity contribution in [3.8, 4) is 0 Å². The fourth-order valence-electron chi connectivity index (χ4n) is 3.48. The van der Waals surface area contributed by atoms with E-state index in [1.807, 2.05) is 13.1 Å². The molecule has 3 aromatic rings. The summed E-state index contributed by atoms with van der Waals surface area (Å²) in [5, 5.41) is 6.71. The zero-order valence-electron chi connectivity index (χ0n) is 18.5. The van der Waals surface area contributed by atoms with Gasteiger partial charge in [0.1, 0.15) is 12.2 Å². The second-order valence-electron chi connectivity index (χ2n) is 8.80. The first-order valence-corrected chi connectivity index (χ1v) is 10.6. The number of unbranched alkanes of at least 4 members (excludes halogenated alkanes) is 2. The molecule has 0 bridgehead atoms. The number of aryl methyl sites for hydroxylation is 1. The summed E-state index contributed by atoms with van der Waals surface area (Å²) in [5.41, 5.74) is 9.39. The average Bonchev–Trinajstić information content (AvgIpc) is 3.11. The van der Waals surface area contributed by atoms with Crippen LogP contribution in [-0.4, -0.2) is 45.4 Å². The molecule has 0 aliphatic rings. The van der Waals surface area contributed by atoms with E-state index in [2.05, 4.69) is 61.0 Å². The number of nitrogens with zero attached hydrogens (tertiary/aromatic N) is 4. The van der Waals surface area contributed by atoms with Gasteiger partial charge in [-0.05, 0) is 78.2 Å². The van der Waals surface area contributed by atoms with Crippen molar-refractivity contribution >= 4 is 27.6 Å². The highest BCUT2D eigenvalue weighted by atomic mass is 16.5. The lowest BCUT2D eigenvalue weighted by atomic mass is 10.0. The molecule has 0 saturated carbocycles. The number of aromatic nitrogens is 3. The van der Waals surface area contributed by atoms with Crippen molar-refractivity contribution in [3.63, 3.8) is 0 Å². The predicted octanol–water partition coefficient (Wildman–Crippen LogP) is 4.60. The van der Waals surface area contributed by atoms with Gasteiger partial charge in [0.05, 0.1) is 5.52 Å². The van der Waals surface area contributed by atoms with Crippen LogP contribution in [0.15, 0.2) is 24.4 Å². The minimum atomic E-state index is 0.241. The Balaban J connectivity index is 1.69. The first-order valence-electron chi connectivity index (χ1n) is 10.6. The van der Waals surface area contributed by atoms with E-state index in [0.29, 0.717) is 19.2 Å². The molecule has 6 heteroatoms. The number of fused-ring (bicyclic) bond motifs is 3. The van der Waals surface area contributed by atoms with Gasteiger partial charge in [-0.2, -0.15) is 5.10 Å². The van der Waals surface area contributed by atoms with Gasteiger partial charge in [-0.25, -0.2) is 9.67 Å². The largest absolute Gasteiger partial charge is 0.382 e. The molecular formula is C23H35N5O. The van der Waals surface area contributed by atoms with Crippen molar-refractivity contribution in [3.05, 3.63) is 30.0 Å². The van der Waals surface area contributed by atoms with Crippen LogP contribution in [0.1, 0.15) is 52.5 Å². The Bertz CT molecular complexity index is 957. The lowest BCUT2D eigenvalue weighted by molar-refractivity contribution is 0.0797. The molecule has 0 amide bonds. The van der Waals surface area contributed by atoms with Crippen molar-refractivity contribution in [2.24, 2.45) is 0 Å². The Morgan fingerprint density at radius 3 is 2.66 bits per heavy atom. The summed E-state index contributed by atoms with van der Waals surface area (Å²) in [4.78, 5) is 6.97. The Labute approximate surface area is 174 Å². The van der Waals surface area contributed by atoms with E-state index in [4.69, 9.17) is 10.5 Å². The summed E-state index contributed by atoms with van der Waals surface area (Å²) < 4.78 is 7.27. The van der Waals surface area contributed by atoms with Crippen LogP contribution < -0.4 is 5.73 Å². The molecule has 2 heterocycles. The van der Waals surface area contributed by atoms with Gasteiger partial charge in [-0.3, -0.25) is 0 Å². The lowest BCUT2D eigenvalue weighted by Gasteiger charge is -2.31. The van der Waals surface area contributed by atoms with Crippen molar-refractivity contribution in [1.29, 1.82) is 0 Å². The van der Waals surface area contributed by atoms with Gasteiger partial charge in [-0.15, -0.1) is 0 Å². The molecule has 158 valence electrons. The zero-order chi connectivity index (χ0) is 21.0. The minimum Gasteiger partial charge on any atom is -0.382 e. The molecule has 2 N–H and O–H groups in total. The molecule has 2 aromatic heterocycles. The van der Waals surface area contributed by atoms with Crippen LogP contribution >= 0.6 is 0 Å². The first-order chi connectivity index (χ1) is 13.8. The van der Waals surface area contributed by atoms with E-state index in [9.17, 15) is 0 Å². The molecule has 0 unspecified atom stereocenters. The Morgan fingerprint density at radius 2 is 1.93 bits per heavy atom. The predicted molar refractivity (Wildman–Crippen MR) is 121 cm³/mol. The minimum absolute atomic E-state index is 0.241. The molecule has 0 saturated heterocycles. The SMILES string of the molecule is CCOCn1cc2c(n1)c(N)nc1ccc(CCCCCN(C)C(C)(C)C)cc12. The molecule has 0 fully saturated rings. The summed E-state index contributed by atoms with van der Waals surface area (Å²) in [6.07, 6.45) is 6.75. The van der Waals surface area contributed by atoms with Gasteiger partial charge in [0, 0.05) is 29.1 Å². The fraction of sp³-hybridized carbons (Fsp3) is 0.565. The first kappa shape index (κ1) is 21.5. The molecular weight excluding hydrogens is 362 g/mol. The van der Waals surface area contributed by atoms with Crippen LogP contribution in [0.5, 0.6) is 0 Å². The van der Waals surface area contributed by atoms with Gasteiger partial charge < -0.3 is 15.4 Å². The van der Waals surface area contributed by atoms with Crippen LogP contribution in [-0.2, 0) is 17.9 Å². The molecule has 0 atom stereocenters. The Morgan fingerprint density at radius 1 is 1.14 bits per heavy atom. The van der Waals surface area contributed by atoms with Crippen LogP contribution in [0, 0.1) is 0 Å². The number of hydrogen-bond acceptors (Lipinski definition) is 5. The summed E-state index contributed by atoms with van der Waals surface area (Å²) in [5.74, 6) is 0.471. The number of anilines is 1. The van der Waals surface area contributed by atoms with Crippen LogP contribution in [0.3, 0.4) is 0 Å². The maximum atomic E-state index is 6.14. The summed E-state index contributed by atoms with van der Waals surface area (Å²) in [7, 11) is 2.21. The molecule has 0 aliphatic heterocycles. The number of pyridine rings is 1. The highest BCUT2D eigenvalue weighted by Gasteiger charge is 2.16. The second kappa shape index (κ2) is 9.09. The van der Waals surface area contributed by atoms with E-state index >= 15 is 0 Å². The van der Waals surface area contributed by atoms with Crippen molar-refractivity contribution in [2.75, 3.05) is 25.9 Å². The van der Waals surface area contributed by atoms with Gasteiger partial charge >= 0.3 is 0 Å². The average molecular weight is 398 g/mol. The maximum absolute atomic E-state index is 6.14. The van der Waals surface area contributed by atoms with Crippen LogP contribution in [0.4, 0.5) is 5.82 Å². The quantitative estimate of drug-likeness (QED) is 0.534. The molecule has 0 spiro atoms. The third-order valence-electron chi connectivity index (χ3n) is 5.63. The topological polar surface area (TPSA) is 69.2 Å². The standard InChI is InChI=1S/C23H35N5O/c1-6-29-16-28-15-19-18-14-17(10-8-7-9-13-27(5)23(2,3)4)11-12-20(18)25-22(24)21(19)26-28/h11-12,14-15H,6-10,13,16H2,1-5H3,(H2,24,25). The molecule has 3 rings (SSSR count). The van der Waals surface area contributed by atoms with E-state index in [1.54, 1.807) is 4.68 Å². The Kier molecular flexibility index (Phi) is 6.75. The van der Waals surface area contributed by atoms with E-state index in [0.717, 1.165) is 34.8 Å². The zero-order valence-corrected chi connectivity index (χ0v) is 18.5. The summed E-state index contributed by atoms with van der Waals surface area (Å²) in [6, 6.07) is 6.50. The monoisotopic (exact) mass is 397 g/mol. The summed E-state index contributed by atoms with van der Waals surface area (Å²) >= 11 is 0. The number of nitrogens with two attached hydrogens (primary N) is 1. The normalized spacial score (nSPS) is 12.5. The van der Waals surface area contributed by atoms with Gasteiger partial charge in [0.15, 0.2) is 5.82 Å². The Hall–Kier alpha value is -2.18. The second-order valence-corrected chi connectivity index (χ2v) is 8.80. The molecule has 0 aliphatic carbocycles. The number of hydrogen-bond donors (Lipinski definition) is 1. The molecule has 0 radical (unpaired) electrons. The van der Waals surface area contributed by atoms with Gasteiger partial charge in [-0.1, -0.05) is 12.5 Å². The summed E-state index contributed by atoms with van der Waals surface area (Å²) in [6.45, 7) is 11.0. The van der Waals surface area contributed by atoms with Gasteiger partial charge in [0.2, 0.25) is 0 Å². The molecule has 29 heavy (non-hydrogen) atoms. The van der Waals surface area contributed by atoms with Crippen molar-refractivity contribution in [2.45, 2.75) is 65.6 Å². The van der Waals surface area contributed by atoms with Crippen molar-refractivity contribution < 1.29 is 4.74 Å². The lowest BCUT2D eigenvalue weighted by Crippen LogP contribution is -2.38. The number of benzene rings is 1. The van der Waals surface area contributed by atoms with Gasteiger partial charge in [0.25, 0.3) is 0 Å². The van der Waals surface area contributed by atoms with Crippen LogP contribution in [0.2, 0.25) is 0 Å². The van der Waals surface area contributed by atoms with E-state index in [-0.39, 0.29) is 5.54 Å². The molecule has 6 nitrogen and oxygen atoms in total. The number of rotatable bonds is 9. The highest BCUT2D eigenvalue weighted by Crippen LogP contribution is 2.28.